The van der Waals surface area contributed by atoms with E-state index < -0.39 is 17.7 Å². The fraction of sp³-hybridized carbons (Fsp3) is 0.400. The number of anilines is 1. The zero-order valence-corrected chi connectivity index (χ0v) is 16.7. The molecule has 0 unspecified atom stereocenters. The second kappa shape index (κ2) is 9.39. The van der Waals surface area contributed by atoms with E-state index in [-0.39, 0.29) is 18.4 Å². The van der Waals surface area contributed by atoms with Crippen molar-refractivity contribution in [2.24, 2.45) is 0 Å². The van der Waals surface area contributed by atoms with Crippen LogP contribution in [-0.4, -0.2) is 70.8 Å². The minimum absolute atomic E-state index is 0.0281. The van der Waals surface area contributed by atoms with Gasteiger partial charge in [-0.2, -0.15) is 13.2 Å². The molecule has 2 aromatic heterocycles. The fourth-order valence-corrected chi connectivity index (χ4v) is 3.45. The number of aliphatic carboxylic acids is 1. The number of carbonyl (C=O) groups excluding carboxylic acids is 2. The van der Waals surface area contributed by atoms with Crippen LogP contribution in [0.1, 0.15) is 23.2 Å². The first-order valence-corrected chi connectivity index (χ1v) is 9.57. The third-order valence-electron chi connectivity index (χ3n) is 5.18. The number of amides is 2. The van der Waals surface area contributed by atoms with Gasteiger partial charge in [-0.3, -0.25) is 14.6 Å². The van der Waals surface area contributed by atoms with Crippen LogP contribution in [0.2, 0.25) is 0 Å². The van der Waals surface area contributed by atoms with E-state index in [9.17, 15) is 22.8 Å². The quantitative estimate of drug-likeness (QED) is 0.740. The van der Waals surface area contributed by atoms with Gasteiger partial charge in [0.25, 0.3) is 11.8 Å². The van der Waals surface area contributed by atoms with Gasteiger partial charge in [0.1, 0.15) is 12.9 Å². The van der Waals surface area contributed by atoms with E-state index in [4.69, 9.17) is 19.1 Å². The summed E-state index contributed by atoms with van der Waals surface area (Å²) in [7, 11) is 0. The Morgan fingerprint density at radius 1 is 1.19 bits per heavy atom. The number of alkyl halides is 3. The number of nitrogens with zero attached hydrogens (tertiary/aromatic N) is 3. The van der Waals surface area contributed by atoms with E-state index in [1.165, 1.54) is 12.5 Å². The molecule has 2 fully saturated rings. The molecule has 12 heteroatoms. The van der Waals surface area contributed by atoms with Crippen molar-refractivity contribution in [3.05, 3.63) is 48.7 Å². The van der Waals surface area contributed by atoms with Crippen LogP contribution in [0.15, 0.2) is 47.5 Å². The van der Waals surface area contributed by atoms with E-state index >= 15 is 0 Å². The number of likely N-dealkylation sites (tertiary alicyclic amines) is 1. The molecule has 0 bridgehead atoms. The van der Waals surface area contributed by atoms with Gasteiger partial charge < -0.3 is 24.1 Å². The van der Waals surface area contributed by atoms with Gasteiger partial charge in [-0.1, -0.05) is 0 Å². The number of rotatable bonds is 2. The highest BCUT2D eigenvalue weighted by atomic mass is 19.4. The number of carboxylic acids is 1. The van der Waals surface area contributed by atoms with Gasteiger partial charge in [0.15, 0.2) is 0 Å². The smallest absolute Gasteiger partial charge is 0.475 e. The molecular formula is C20H20F3N3O6. The maximum absolute atomic E-state index is 12.4. The number of ether oxygens (including phenoxy) is 1. The number of furan rings is 1. The Morgan fingerprint density at radius 2 is 1.88 bits per heavy atom. The molecule has 0 radical (unpaired) electrons. The Morgan fingerprint density at radius 3 is 2.41 bits per heavy atom. The van der Waals surface area contributed by atoms with E-state index in [0.29, 0.717) is 38.0 Å². The monoisotopic (exact) mass is 455 g/mol. The van der Waals surface area contributed by atoms with Crippen LogP contribution in [-0.2, 0) is 14.3 Å². The van der Waals surface area contributed by atoms with Crippen LogP contribution in [0.4, 0.5) is 18.9 Å². The highest BCUT2D eigenvalue weighted by Gasteiger charge is 2.43. The Bertz CT molecular complexity index is 941. The first-order chi connectivity index (χ1) is 15.1. The number of aromatic nitrogens is 1. The second-order valence-corrected chi connectivity index (χ2v) is 7.27. The summed E-state index contributed by atoms with van der Waals surface area (Å²) in [5.41, 5.74) is 0.941. The van der Waals surface area contributed by atoms with Gasteiger partial charge in [-0.15, -0.1) is 0 Å². The maximum atomic E-state index is 12.4. The zero-order chi connectivity index (χ0) is 23.4. The van der Waals surface area contributed by atoms with Gasteiger partial charge in [-0.05, 0) is 31.0 Å². The average Bonchev–Trinajstić information content (AvgIpc) is 3.31. The van der Waals surface area contributed by atoms with Gasteiger partial charge in [0.05, 0.1) is 35.9 Å². The van der Waals surface area contributed by atoms with E-state index in [2.05, 4.69) is 4.98 Å². The number of hydrogen-bond donors (Lipinski definition) is 1. The lowest BCUT2D eigenvalue weighted by Crippen LogP contribution is -2.59. The molecule has 1 N–H and O–H groups in total. The summed E-state index contributed by atoms with van der Waals surface area (Å²) in [5, 5.41) is 7.12. The molecule has 2 amide bonds. The predicted molar refractivity (Wildman–Crippen MR) is 103 cm³/mol. The molecule has 2 aromatic rings. The van der Waals surface area contributed by atoms with Crippen LogP contribution in [0, 0.1) is 0 Å². The van der Waals surface area contributed by atoms with Crippen molar-refractivity contribution in [3.63, 3.8) is 0 Å². The molecule has 32 heavy (non-hydrogen) atoms. The number of halogens is 3. The Hall–Kier alpha value is -3.41. The van der Waals surface area contributed by atoms with Crippen LogP contribution < -0.4 is 4.90 Å². The number of hydrogen-bond acceptors (Lipinski definition) is 6. The standard InChI is InChI=1S/C18H19N3O4.C2HF3O2/c22-16-12-25-18(13-21(16)15-2-1-6-19-10-15)4-7-20(8-5-18)17(23)14-3-9-24-11-14;3-2(4,5)1(6)7/h1-3,6,9-11H,4-5,7-8,12-13H2;(H,6,7). The SMILES string of the molecule is O=C(O)C(F)(F)F.O=C(c1ccoc1)N1CCC2(CC1)CN(c1cccnc1)C(=O)CO2. The first kappa shape index (κ1) is 23.3. The van der Waals surface area contributed by atoms with Crippen molar-refractivity contribution in [1.29, 1.82) is 0 Å². The molecule has 4 rings (SSSR count). The van der Waals surface area contributed by atoms with Crippen molar-refractivity contribution in [1.82, 2.24) is 9.88 Å². The molecule has 172 valence electrons. The normalized spacial score (nSPS) is 18.2. The van der Waals surface area contributed by atoms with Gasteiger partial charge in [-0.25, -0.2) is 4.79 Å². The molecule has 9 nitrogen and oxygen atoms in total. The van der Waals surface area contributed by atoms with Gasteiger partial charge in [0, 0.05) is 19.3 Å². The summed E-state index contributed by atoms with van der Waals surface area (Å²) in [6.07, 6.45) is 2.65. The summed E-state index contributed by atoms with van der Waals surface area (Å²) in [6, 6.07) is 5.37. The molecule has 2 aliphatic heterocycles. The van der Waals surface area contributed by atoms with Crippen LogP contribution in [0.5, 0.6) is 0 Å². The zero-order valence-electron chi connectivity index (χ0n) is 16.7. The van der Waals surface area contributed by atoms with Gasteiger partial charge in [0.2, 0.25) is 0 Å². The van der Waals surface area contributed by atoms with Crippen molar-refractivity contribution < 1.29 is 41.8 Å². The maximum Gasteiger partial charge on any atom is 0.490 e. The number of morpholine rings is 1. The fourth-order valence-electron chi connectivity index (χ4n) is 3.45. The molecule has 0 aromatic carbocycles. The molecule has 0 saturated carbocycles. The van der Waals surface area contributed by atoms with E-state index in [1.54, 1.807) is 23.4 Å². The minimum atomic E-state index is -5.08. The summed E-state index contributed by atoms with van der Waals surface area (Å²) < 4.78 is 42.6. The molecule has 2 aliphatic rings. The Kier molecular flexibility index (Phi) is 6.82. The lowest BCUT2D eigenvalue weighted by molar-refractivity contribution is -0.192. The van der Waals surface area contributed by atoms with Crippen molar-refractivity contribution in [2.45, 2.75) is 24.6 Å². The van der Waals surface area contributed by atoms with Crippen molar-refractivity contribution >= 4 is 23.5 Å². The Labute approximate surface area is 180 Å². The largest absolute Gasteiger partial charge is 0.490 e. The molecular weight excluding hydrogens is 435 g/mol. The van der Waals surface area contributed by atoms with Crippen LogP contribution >= 0.6 is 0 Å². The third kappa shape index (κ3) is 5.44. The molecule has 0 atom stereocenters. The molecule has 4 heterocycles. The number of carbonyl (C=O) groups is 3. The van der Waals surface area contributed by atoms with E-state index in [0.717, 1.165) is 5.69 Å². The van der Waals surface area contributed by atoms with Crippen LogP contribution in [0.25, 0.3) is 0 Å². The van der Waals surface area contributed by atoms with Crippen molar-refractivity contribution in [3.8, 4) is 0 Å². The lowest BCUT2D eigenvalue weighted by Gasteiger charge is -2.46. The van der Waals surface area contributed by atoms with Gasteiger partial charge >= 0.3 is 12.1 Å². The highest BCUT2D eigenvalue weighted by molar-refractivity contribution is 5.95. The molecule has 0 aliphatic carbocycles. The molecule has 2 saturated heterocycles. The number of piperidine rings is 1. The van der Waals surface area contributed by atoms with E-state index in [1.807, 2.05) is 17.0 Å². The topological polar surface area (TPSA) is 113 Å². The summed E-state index contributed by atoms with van der Waals surface area (Å²) in [6.45, 7) is 1.74. The Balaban J connectivity index is 0.000000360. The summed E-state index contributed by atoms with van der Waals surface area (Å²) in [4.78, 5) is 41.2. The summed E-state index contributed by atoms with van der Waals surface area (Å²) >= 11 is 0. The molecule has 1 spiro atoms. The third-order valence-corrected chi connectivity index (χ3v) is 5.18. The number of carboxylic acid groups (broad SMARTS) is 1. The number of pyridine rings is 1. The lowest BCUT2D eigenvalue weighted by atomic mass is 9.89. The van der Waals surface area contributed by atoms with Crippen molar-refractivity contribution in [2.75, 3.05) is 31.1 Å². The predicted octanol–water partition coefficient (Wildman–Crippen LogP) is 2.35. The minimum Gasteiger partial charge on any atom is -0.475 e. The second-order valence-electron chi connectivity index (χ2n) is 7.27. The van der Waals surface area contributed by atoms with Crippen LogP contribution in [0.3, 0.4) is 0 Å². The highest BCUT2D eigenvalue weighted by Crippen LogP contribution is 2.33. The average molecular weight is 455 g/mol. The summed E-state index contributed by atoms with van der Waals surface area (Å²) in [5.74, 6) is -2.84. The first-order valence-electron chi connectivity index (χ1n) is 9.57.